The number of ketones is 1. The van der Waals surface area contributed by atoms with Gasteiger partial charge in [0, 0.05) is 81.2 Å². The molecule has 8 aromatic rings. The molecule has 5 heteroatoms. The van der Waals surface area contributed by atoms with Crippen LogP contribution in [0.15, 0.2) is 169 Å². The lowest BCUT2D eigenvalue weighted by Gasteiger charge is -2.32. The van der Waals surface area contributed by atoms with E-state index in [-0.39, 0.29) is 11.5 Å². The van der Waals surface area contributed by atoms with Gasteiger partial charge in [0.15, 0.2) is 5.78 Å². The Hall–Kier alpha value is -7.57. The Bertz CT molecular complexity index is 3250. The van der Waals surface area contributed by atoms with Crippen LogP contribution in [0, 0.1) is 23.7 Å². The van der Waals surface area contributed by atoms with Crippen molar-refractivity contribution in [3.63, 3.8) is 0 Å². The van der Waals surface area contributed by atoms with Gasteiger partial charge in [0.25, 0.3) is 0 Å². The van der Waals surface area contributed by atoms with Crippen molar-refractivity contribution in [2.75, 3.05) is 0 Å². The van der Waals surface area contributed by atoms with Crippen LogP contribution in [0.3, 0.4) is 0 Å². The van der Waals surface area contributed by atoms with Crippen molar-refractivity contribution in [3.8, 4) is 46.3 Å². The molecule has 8 rings (SSSR count). The van der Waals surface area contributed by atoms with Gasteiger partial charge < -0.3 is 19.5 Å². The number of fused-ring (bicyclic) bond motifs is 3. The van der Waals surface area contributed by atoms with Crippen LogP contribution in [-0.4, -0.2) is 26.4 Å². The van der Waals surface area contributed by atoms with E-state index in [9.17, 15) is 15.0 Å². The summed E-state index contributed by atoms with van der Waals surface area (Å²) in [5.74, 6) is 11.3. The number of benzene rings is 7. The highest BCUT2D eigenvalue weighted by atomic mass is 16.6. The number of carbonyl (C=O) groups is 1. The first-order valence-corrected chi connectivity index (χ1v) is 21.3. The Morgan fingerprint density at radius 3 is 1.76 bits per heavy atom. The van der Waals surface area contributed by atoms with Gasteiger partial charge in [-0.05, 0) is 121 Å². The summed E-state index contributed by atoms with van der Waals surface area (Å²) in [5.41, 5.74) is 9.01. The van der Waals surface area contributed by atoms with E-state index < -0.39 is 5.79 Å². The number of aromatic nitrogens is 1. The highest BCUT2D eigenvalue weighted by Gasteiger charge is 2.37. The topological polar surface area (TPSA) is 71.7 Å². The first kappa shape index (κ1) is 42.1. The Kier molecular flexibility index (Phi) is 11.9. The Morgan fingerprint density at radius 2 is 1.19 bits per heavy atom. The van der Waals surface area contributed by atoms with E-state index in [0.717, 1.165) is 77.8 Å². The van der Waals surface area contributed by atoms with Gasteiger partial charge in [-0.15, -0.1) is 0 Å². The van der Waals surface area contributed by atoms with Crippen LogP contribution >= 0.6 is 0 Å². The maximum Gasteiger partial charge on any atom is 0.232 e. The SMILES string of the molecule is CCCC(=C(C(C)=O)C(=C(C)C)[C@@](C)(O)Oc1ccc2cc(C#Cc3ccccc3)ccc2c1-c1c(O)ccc2cc(C#Cc3ccccc3)ccc12)c1cn(C)c2ccccc12. The molecule has 0 aliphatic heterocycles. The molecule has 7 aromatic carbocycles. The minimum Gasteiger partial charge on any atom is -0.507 e. The number of rotatable bonds is 9. The molecule has 0 spiro atoms. The number of hydrogen-bond acceptors (Lipinski definition) is 4. The summed E-state index contributed by atoms with van der Waals surface area (Å²) >= 11 is 0. The molecule has 0 aliphatic carbocycles. The largest absolute Gasteiger partial charge is 0.507 e. The first-order valence-electron chi connectivity index (χ1n) is 21.3. The Morgan fingerprint density at radius 1 is 0.651 bits per heavy atom. The van der Waals surface area contributed by atoms with Gasteiger partial charge in [-0.2, -0.15) is 0 Å². The third kappa shape index (κ3) is 8.66. The summed E-state index contributed by atoms with van der Waals surface area (Å²) in [6.07, 6.45) is 3.45. The van der Waals surface area contributed by atoms with Crippen LogP contribution in [0.5, 0.6) is 11.5 Å². The van der Waals surface area contributed by atoms with Crippen LogP contribution in [0.4, 0.5) is 0 Å². The Labute approximate surface area is 369 Å². The lowest BCUT2D eigenvalue weighted by atomic mass is 9.84. The van der Waals surface area contributed by atoms with Crippen LogP contribution in [0.1, 0.15) is 75.3 Å². The van der Waals surface area contributed by atoms with Gasteiger partial charge in [0.2, 0.25) is 5.79 Å². The molecule has 310 valence electrons. The number of phenols is 1. The van der Waals surface area contributed by atoms with E-state index in [1.54, 1.807) is 19.9 Å². The molecule has 1 heterocycles. The molecule has 5 nitrogen and oxygen atoms in total. The number of Topliss-reactive ketones (excluding diaryl/α,β-unsaturated/α-hetero) is 1. The van der Waals surface area contributed by atoms with Crippen LogP contribution < -0.4 is 4.74 Å². The molecule has 0 bridgehead atoms. The number of phenolic OH excluding ortho intramolecular Hbond substituents is 1. The molecule has 1 aromatic heterocycles. The number of hydrogen-bond donors (Lipinski definition) is 2. The zero-order chi connectivity index (χ0) is 44.3. The number of aromatic hydroxyl groups is 1. The van der Waals surface area contributed by atoms with E-state index in [1.165, 1.54) is 0 Å². The summed E-state index contributed by atoms with van der Waals surface area (Å²) in [5, 5.41) is 29.1. The molecular formula is C58H49NO4. The molecule has 0 unspecified atom stereocenters. The average Bonchev–Trinajstić information content (AvgIpc) is 3.62. The summed E-state index contributed by atoms with van der Waals surface area (Å²) in [4.78, 5) is 14.1. The predicted octanol–water partition coefficient (Wildman–Crippen LogP) is 12.9. The standard InChI is InChI=1S/C58H49NO4/c1-7-16-49(50-37-59(6)51-22-15-14-21-48(50)51)54(39(4)60)57(38(2)3)58(5,62)63-53-34-30-45-36-43(26-24-41-19-12-9-13-20-41)28-32-47(45)56(53)55-46-31-27-42(35-44(46)29-33-52(55)61)25-23-40-17-10-8-11-18-40/h8-15,17-22,27-37,61-62H,7,16H2,1-6H3/t58-/m0/s1. The number of nitrogens with zero attached hydrogens (tertiary/aromatic N) is 1. The monoisotopic (exact) mass is 823 g/mol. The molecule has 0 saturated heterocycles. The van der Waals surface area contributed by atoms with Gasteiger partial charge in [-0.1, -0.05) is 121 Å². The quantitative estimate of drug-likeness (QED) is 0.0658. The fourth-order valence-corrected chi connectivity index (χ4v) is 8.70. The number of allylic oxidation sites excluding steroid dienone is 2. The number of aryl methyl sites for hydroxylation is 1. The minimum atomic E-state index is -2.01. The highest BCUT2D eigenvalue weighted by molar-refractivity contribution is 6.11. The van der Waals surface area contributed by atoms with Crippen molar-refractivity contribution in [1.82, 2.24) is 4.57 Å². The maximum atomic E-state index is 14.1. The zero-order valence-corrected chi connectivity index (χ0v) is 36.5. The van der Waals surface area contributed by atoms with Crippen molar-refractivity contribution in [3.05, 3.63) is 196 Å². The average molecular weight is 824 g/mol. The summed E-state index contributed by atoms with van der Waals surface area (Å²) in [7, 11) is 2.01. The van der Waals surface area contributed by atoms with E-state index in [4.69, 9.17) is 4.74 Å². The zero-order valence-electron chi connectivity index (χ0n) is 36.5. The molecule has 63 heavy (non-hydrogen) atoms. The molecule has 0 amide bonds. The number of ether oxygens (including phenoxy) is 1. The molecule has 0 aliphatic rings. The summed E-state index contributed by atoms with van der Waals surface area (Å²) in [6, 6.07) is 47.1. The van der Waals surface area contributed by atoms with Crippen LogP contribution in [0.2, 0.25) is 0 Å². The summed E-state index contributed by atoms with van der Waals surface area (Å²) in [6.45, 7) is 9.05. The van der Waals surface area contributed by atoms with Crippen molar-refractivity contribution in [2.45, 2.75) is 53.2 Å². The lowest BCUT2D eigenvalue weighted by Crippen LogP contribution is -2.37. The maximum absolute atomic E-state index is 14.1. The second kappa shape index (κ2) is 17.8. The number of para-hydroxylation sites is 1. The van der Waals surface area contributed by atoms with Gasteiger partial charge in [-0.3, -0.25) is 4.79 Å². The third-order valence-electron chi connectivity index (χ3n) is 11.4. The fourth-order valence-electron chi connectivity index (χ4n) is 8.70. The van der Waals surface area contributed by atoms with Gasteiger partial charge >= 0.3 is 0 Å². The molecule has 0 saturated carbocycles. The van der Waals surface area contributed by atoms with Gasteiger partial charge in [0.1, 0.15) is 11.5 Å². The van der Waals surface area contributed by atoms with Crippen molar-refractivity contribution >= 4 is 43.8 Å². The number of aliphatic hydroxyl groups is 1. The van der Waals surface area contributed by atoms with E-state index in [2.05, 4.69) is 53.5 Å². The van der Waals surface area contributed by atoms with E-state index >= 15 is 0 Å². The normalized spacial score (nSPS) is 12.4. The van der Waals surface area contributed by atoms with Crippen molar-refractivity contribution in [1.29, 1.82) is 0 Å². The smallest absolute Gasteiger partial charge is 0.232 e. The molecule has 0 fully saturated rings. The number of carbonyl (C=O) groups excluding carboxylic acids is 1. The van der Waals surface area contributed by atoms with Crippen molar-refractivity contribution in [2.24, 2.45) is 7.05 Å². The second-order valence-corrected chi connectivity index (χ2v) is 16.3. The van der Waals surface area contributed by atoms with E-state index in [0.29, 0.717) is 34.4 Å². The second-order valence-electron chi connectivity index (χ2n) is 16.3. The third-order valence-corrected chi connectivity index (χ3v) is 11.4. The highest BCUT2D eigenvalue weighted by Crippen LogP contribution is 2.48. The van der Waals surface area contributed by atoms with E-state index in [1.807, 2.05) is 148 Å². The predicted molar refractivity (Wildman–Crippen MR) is 258 cm³/mol. The molecule has 1 atom stereocenters. The van der Waals surface area contributed by atoms with Gasteiger partial charge in [0.05, 0.1) is 0 Å². The summed E-state index contributed by atoms with van der Waals surface area (Å²) < 4.78 is 8.98. The van der Waals surface area contributed by atoms with Crippen molar-refractivity contribution < 1.29 is 19.7 Å². The molecule has 0 radical (unpaired) electrons. The van der Waals surface area contributed by atoms with Crippen LogP contribution in [-0.2, 0) is 11.8 Å². The molecule has 2 N–H and O–H groups in total. The van der Waals surface area contributed by atoms with Gasteiger partial charge in [-0.25, -0.2) is 0 Å². The van der Waals surface area contributed by atoms with Crippen LogP contribution in [0.25, 0.3) is 49.1 Å². The first-order chi connectivity index (χ1) is 30.4. The molecular weight excluding hydrogens is 775 g/mol. The fraction of sp³-hybridized carbons (Fsp3) is 0.155. The Balaban J connectivity index is 1.32. The minimum absolute atomic E-state index is 0.0449. The lowest BCUT2D eigenvalue weighted by molar-refractivity contribution is -0.115.